The van der Waals surface area contributed by atoms with E-state index in [1.165, 1.54) is 42.5 Å². The van der Waals surface area contributed by atoms with E-state index >= 15 is 0 Å². The third-order valence-electron chi connectivity index (χ3n) is 3.18. The quantitative estimate of drug-likeness (QED) is 0.875. The molecule has 2 aromatic rings. The molecule has 1 N–H and O–H groups in total. The van der Waals surface area contributed by atoms with Crippen molar-refractivity contribution in [3.8, 4) is 5.75 Å². The number of para-hydroxylation sites is 1. The van der Waals surface area contributed by atoms with Crippen LogP contribution in [0.1, 0.15) is 15.9 Å². The van der Waals surface area contributed by atoms with Crippen LogP contribution in [0.15, 0.2) is 53.4 Å². The molecule has 0 saturated carbocycles. The summed E-state index contributed by atoms with van der Waals surface area (Å²) in [5.74, 6) is -0.954. The van der Waals surface area contributed by atoms with Gasteiger partial charge in [0.25, 0.3) is 5.91 Å². The second-order valence-corrected chi connectivity index (χ2v) is 7.15. The minimum Gasteiger partial charge on any atom is -0.405 e. The van der Waals surface area contributed by atoms with Gasteiger partial charge in [0, 0.05) is 23.9 Å². The summed E-state index contributed by atoms with van der Waals surface area (Å²) in [7, 11) is -3.38. The molecule has 0 spiro atoms. The molecule has 9 heteroatoms. The van der Waals surface area contributed by atoms with E-state index < -0.39 is 27.9 Å². The van der Waals surface area contributed by atoms with Crippen molar-refractivity contribution in [3.05, 3.63) is 59.7 Å². The summed E-state index contributed by atoms with van der Waals surface area (Å²) in [6.45, 7) is -0.182. The summed E-state index contributed by atoms with van der Waals surface area (Å²) in [6.07, 6.45) is -3.79. The molecule has 0 aliphatic heterocycles. The van der Waals surface area contributed by atoms with Crippen LogP contribution in [0.5, 0.6) is 5.75 Å². The summed E-state index contributed by atoms with van der Waals surface area (Å²) in [5, 5.41) is 2.46. The Labute approximate surface area is 142 Å². The van der Waals surface area contributed by atoms with Crippen molar-refractivity contribution in [2.45, 2.75) is 17.8 Å². The van der Waals surface area contributed by atoms with Crippen LogP contribution < -0.4 is 10.1 Å². The Balaban J connectivity index is 2.08. The number of carbonyl (C=O) groups excluding carboxylic acids is 1. The van der Waals surface area contributed by atoms with Crippen molar-refractivity contribution in [3.63, 3.8) is 0 Å². The predicted molar refractivity (Wildman–Crippen MR) is 83.8 cm³/mol. The Morgan fingerprint density at radius 2 is 1.68 bits per heavy atom. The summed E-state index contributed by atoms with van der Waals surface area (Å²) >= 11 is 0. The van der Waals surface area contributed by atoms with Crippen LogP contribution in [0.25, 0.3) is 0 Å². The maximum Gasteiger partial charge on any atom is 0.573 e. The highest BCUT2D eigenvalue weighted by Gasteiger charge is 2.32. The van der Waals surface area contributed by atoms with Crippen LogP contribution in [0, 0.1) is 0 Å². The Morgan fingerprint density at radius 1 is 1.08 bits per heavy atom. The van der Waals surface area contributed by atoms with Crippen LogP contribution in [0.3, 0.4) is 0 Å². The molecule has 0 heterocycles. The molecule has 0 bridgehead atoms. The van der Waals surface area contributed by atoms with Crippen LogP contribution in [-0.2, 0) is 16.4 Å². The van der Waals surface area contributed by atoms with E-state index in [0.717, 1.165) is 12.3 Å². The fraction of sp³-hybridized carbons (Fsp3) is 0.188. The molecular formula is C16H14F3NO4S. The minimum atomic E-state index is -4.83. The fourth-order valence-electron chi connectivity index (χ4n) is 2.01. The summed E-state index contributed by atoms with van der Waals surface area (Å²) in [5.41, 5.74) is 0.336. The lowest BCUT2D eigenvalue weighted by atomic mass is 10.2. The number of rotatable bonds is 5. The molecule has 2 rings (SSSR count). The van der Waals surface area contributed by atoms with Gasteiger partial charge in [-0.05, 0) is 30.3 Å². The van der Waals surface area contributed by atoms with Crippen LogP contribution in [0.2, 0.25) is 0 Å². The van der Waals surface area contributed by atoms with Crippen molar-refractivity contribution in [1.82, 2.24) is 5.32 Å². The summed E-state index contributed by atoms with van der Waals surface area (Å²) in [6, 6.07) is 10.7. The van der Waals surface area contributed by atoms with Crippen molar-refractivity contribution in [1.29, 1.82) is 0 Å². The van der Waals surface area contributed by atoms with Crippen molar-refractivity contribution < 1.29 is 31.1 Å². The molecule has 0 aliphatic carbocycles. The average Bonchev–Trinajstić information content (AvgIpc) is 2.51. The lowest BCUT2D eigenvalue weighted by Crippen LogP contribution is -2.24. The molecule has 1 amide bonds. The number of halogens is 3. The molecule has 0 radical (unpaired) electrons. The van der Waals surface area contributed by atoms with Crippen molar-refractivity contribution in [2.75, 3.05) is 6.26 Å². The van der Waals surface area contributed by atoms with Gasteiger partial charge >= 0.3 is 6.36 Å². The van der Waals surface area contributed by atoms with E-state index in [-0.39, 0.29) is 22.6 Å². The molecule has 2 aromatic carbocycles. The Kier molecular flexibility index (Phi) is 5.36. The first-order valence-corrected chi connectivity index (χ1v) is 8.87. The lowest BCUT2D eigenvalue weighted by Gasteiger charge is -2.13. The topological polar surface area (TPSA) is 72.5 Å². The van der Waals surface area contributed by atoms with Crippen LogP contribution in [-0.4, -0.2) is 26.9 Å². The zero-order valence-electron chi connectivity index (χ0n) is 13.0. The zero-order valence-corrected chi connectivity index (χ0v) is 13.8. The molecular weight excluding hydrogens is 359 g/mol. The lowest BCUT2D eigenvalue weighted by molar-refractivity contribution is -0.274. The van der Waals surface area contributed by atoms with Gasteiger partial charge in [-0.3, -0.25) is 4.79 Å². The van der Waals surface area contributed by atoms with Gasteiger partial charge in [-0.25, -0.2) is 8.42 Å². The number of sulfone groups is 1. The third-order valence-corrected chi connectivity index (χ3v) is 4.31. The Morgan fingerprint density at radius 3 is 2.24 bits per heavy atom. The van der Waals surface area contributed by atoms with E-state index in [1.54, 1.807) is 0 Å². The maximum absolute atomic E-state index is 12.4. The maximum atomic E-state index is 12.4. The highest BCUT2D eigenvalue weighted by molar-refractivity contribution is 7.90. The first-order valence-electron chi connectivity index (χ1n) is 6.98. The van der Waals surface area contributed by atoms with Gasteiger partial charge in [-0.15, -0.1) is 13.2 Å². The number of alkyl halides is 3. The number of carbonyl (C=O) groups is 1. The molecule has 0 unspecified atom stereocenters. The molecule has 134 valence electrons. The first-order chi connectivity index (χ1) is 11.6. The Bertz CT molecular complexity index is 862. The molecule has 0 fully saturated rings. The smallest absolute Gasteiger partial charge is 0.405 e. The zero-order chi connectivity index (χ0) is 18.7. The van der Waals surface area contributed by atoms with Gasteiger partial charge < -0.3 is 10.1 Å². The molecule has 0 aliphatic rings. The monoisotopic (exact) mass is 373 g/mol. The molecule has 5 nitrogen and oxygen atoms in total. The number of nitrogens with one attached hydrogen (secondary N) is 1. The number of amides is 1. The van der Waals surface area contributed by atoms with Crippen LogP contribution >= 0.6 is 0 Å². The van der Waals surface area contributed by atoms with Gasteiger partial charge in [0.05, 0.1) is 4.90 Å². The summed E-state index contributed by atoms with van der Waals surface area (Å²) in [4.78, 5) is 12.1. The van der Waals surface area contributed by atoms with Gasteiger partial charge in [0.1, 0.15) is 5.75 Å². The van der Waals surface area contributed by atoms with Crippen molar-refractivity contribution in [2.24, 2.45) is 0 Å². The van der Waals surface area contributed by atoms with E-state index in [1.807, 2.05) is 0 Å². The fourth-order valence-corrected chi connectivity index (χ4v) is 2.64. The highest BCUT2D eigenvalue weighted by Crippen LogP contribution is 2.26. The van der Waals surface area contributed by atoms with E-state index in [2.05, 4.69) is 10.1 Å². The molecule has 0 atom stereocenters. The van der Waals surface area contributed by atoms with Gasteiger partial charge in [-0.2, -0.15) is 0 Å². The highest BCUT2D eigenvalue weighted by atomic mass is 32.2. The summed E-state index contributed by atoms with van der Waals surface area (Å²) < 4.78 is 63.7. The average molecular weight is 373 g/mol. The normalized spacial score (nSPS) is 11.8. The number of hydrogen-bond donors (Lipinski definition) is 1. The predicted octanol–water partition coefficient (Wildman–Crippen LogP) is 2.92. The Hall–Kier alpha value is -2.55. The van der Waals surface area contributed by atoms with Gasteiger partial charge in [0.15, 0.2) is 9.84 Å². The first kappa shape index (κ1) is 18.8. The van der Waals surface area contributed by atoms with Crippen molar-refractivity contribution >= 4 is 15.7 Å². The molecule has 25 heavy (non-hydrogen) atoms. The SMILES string of the molecule is CS(=O)(=O)c1ccc(C(=O)NCc2ccccc2OC(F)(F)F)cc1. The molecule has 0 saturated heterocycles. The number of hydrogen-bond acceptors (Lipinski definition) is 4. The van der Waals surface area contributed by atoms with Gasteiger partial charge in [-0.1, -0.05) is 18.2 Å². The number of benzene rings is 2. The minimum absolute atomic E-state index is 0.0629. The second kappa shape index (κ2) is 7.14. The number of ether oxygens (including phenoxy) is 1. The van der Waals surface area contributed by atoms with E-state index in [0.29, 0.717) is 0 Å². The van der Waals surface area contributed by atoms with E-state index in [4.69, 9.17) is 0 Å². The largest absolute Gasteiger partial charge is 0.573 e. The second-order valence-electron chi connectivity index (χ2n) is 5.13. The van der Waals surface area contributed by atoms with Crippen LogP contribution in [0.4, 0.5) is 13.2 Å². The standard InChI is InChI=1S/C16H14F3NO4S/c1-25(22,23)13-8-6-11(7-9-13)15(21)20-10-12-4-2-3-5-14(12)24-16(17,18)19/h2-9H,10H2,1H3,(H,20,21). The third kappa shape index (κ3) is 5.49. The van der Waals surface area contributed by atoms with E-state index in [9.17, 15) is 26.4 Å². The van der Waals surface area contributed by atoms with Gasteiger partial charge in [0.2, 0.25) is 0 Å². The molecule has 0 aromatic heterocycles.